The summed E-state index contributed by atoms with van der Waals surface area (Å²) in [5.41, 5.74) is 7.30. The van der Waals surface area contributed by atoms with Gasteiger partial charge in [-0.1, -0.05) is 54.1 Å². The average molecular weight is 429 g/mol. The summed E-state index contributed by atoms with van der Waals surface area (Å²) in [4.78, 5) is -0.121. The van der Waals surface area contributed by atoms with Gasteiger partial charge in [0.15, 0.2) is 0 Å². The van der Waals surface area contributed by atoms with Crippen LogP contribution in [0.4, 0.5) is 11.4 Å². The zero-order chi connectivity index (χ0) is 21.6. The van der Waals surface area contributed by atoms with E-state index in [9.17, 15) is 13.0 Å². The van der Waals surface area contributed by atoms with Crippen molar-refractivity contribution < 1.29 is 13.0 Å². The molecule has 2 aliphatic rings. The molecule has 154 valence electrons. The zero-order valence-electron chi connectivity index (χ0n) is 16.8. The first-order valence-corrected chi connectivity index (χ1v) is 11.3. The van der Waals surface area contributed by atoms with E-state index in [1.54, 1.807) is 12.1 Å². The molecule has 0 bridgehead atoms. The molecule has 0 aliphatic carbocycles. The monoisotopic (exact) mass is 428 g/mol. The first kappa shape index (κ1) is 19.4. The van der Waals surface area contributed by atoms with Crippen LogP contribution in [-0.2, 0) is 10.1 Å². The van der Waals surface area contributed by atoms with Crippen LogP contribution in [0.3, 0.4) is 0 Å². The summed E-state index contributed by atoms with van der Waals surface area (Å²) in [5.74, 6) is 0. The normalized spacial score (nSPS) is 14.5. The van der Waals surface area contributed by atoms with Gasteiger partial charge in [-0.05, 0) is 53.5 Å². The molecule has 2 aliphatic heterocycles. The first-order chi connectivity index (χ1) is 14.9. The largest absolute Gasteiger partial charge is 0.359 e. The summed E-state index contributed by atoms with van der Waals surface area (Å²) >= 11 is 0. The van der Waals surface area contributed by atoms with Crippen LogP contribution >= 0.6 is 0 Å². The summed E-state index contributed by atoms with van der Waals surface area (Å²) in [5, 5.41) is 8.85. The third-order valence-electron chi connectivity index (χ3n) is 5.57. The van der Waals surface area contributed by atoms with Crippen molar-refractivity contribution in [2.75, 3.05) is 10.6 Å². The number of rotatable bonds is 3. The minimum Gasteiger partial charge on any atom is -0.359 e. The van der Waals surface area contributed by atoms with Crippen molar-refractivity contribution in [2.45, 2.75) is 11.8 Å². The zero-order valence-corrected chi connectivity index (χ0v) is 17.6. The topological polar surface area (TPSA) is 78.4 Å². The van der Waals surface area contributed by atoms with Crippen molar-refractivity contribution >= 4 is 32.6 Å². The van der Waals surface area contributed by atoms with Gasteiger partial charge in [-0.15, -0.1) is 0 Å². The Hall–Kier alpha value is -3.61. The van der Waals surface area contributed by atoms with Crippen molar-refractivity contribution in [1.29, 1.82) is 0 Å². The molecule has 0 saturated heterocycles. The predicted octanol–water partition coefficient (Wildman–Crippen LogP) is 3.52. The number of fused-ring (bicyclic) bond motifs is 3. The van der Waals surface area contributed by atoms with Crippen LogP contribution in [0, 0.1) is 6.92 Å². The molecule has 3 N–H and O–H groups in total. The van der Waals surface area contributed by atoms with Crippen LogP contribution in [0.5, 0.6) is 0 Å². The molecule has 0 radical (unpaired) electrons. The van der Waals surface area contributed by atoms with E-state index in [0.717, 1.165) is 44.1 Å². The van der Waals surface area contributed by atoms with Crippen LogP contribution in [0.15, 0.2) is 90.1 Å². The maximum Gasteiger partial charge on any atom is 0.294 e. The standard InChI is InChI=1S/C25H20N2O3S/c1-16-2-4-17(5-3-16)20-12-14-26-24-22(20)10-11-23-21(13-15-27-25(23)24)18-6-8-19(9-7-18)31(28,29)30/h2-15,26-27H,1H3,(H,28,29,30). The van der Waals surface area contributed by atoms with Crippen molar-refractivity contribution in [3.8, 4) is 0 Å². The fourth-order valence-electron chi connectivity index (χ4n) is 3.99. The van der Waals surface area contributed by atoms with Crippen LogP contribution in [0.25, 0.3) is 11.1 Å². The minimum atomic E-state index is -4.22. The highest BCUT2D eigenvalue weighted by Crippen LogP contribution is 2.26. The third kappa shape index (κ3) is 3.46. The van der Waals surface area contributed by atoms with Gasteiger partial charge in [0.1, 0.15) is 0 Å². The Kier molecular flexibility index (Phi) is 4.54. The number of benzene rings is 3. The molecule has 31 heavy (non-hydrogen) atoms. The Bertz CT molecular complexity index is 1480. The summed E-state index contributed by atoms with van der Waals surface area (Å²) in [7, 11) is -4.22. The van der Waals surface area contributed by atoms with Gasteiger partial charge >= 0.3 is 0 Å². The van der Waals surface area contributed by atoms with Crippen molar-refractivity contribution in [1.82, 2.24) is 0 Å². The molecule has 3 aromatic carbocycles. The van der Waals surface area contributed by atoms with E-state index in [0.29, 0.717) is 0 Å². The van der Waals surface area contributed by atoms with Crippen molar-refractivity contribution in [3.63, 3.8) is 0 Å². The maximum atomic E-state index is 11.4. The summed E-state index contributed by atoms with van der Waals surface area (Å²) in [6, 6.07) is 18.9. The van der Waals surface area contributed by atoms with E-state index in [2.05, 4.69) is 60.0 Å². The average Bonchev–Trinajstić information content (AvgIpc) is 2.78. The molecular formula is C25H20N2O3S. The second-order valence-electron chi connectivity index (χ2n) is 7.56. The first-order valence-electron chi connectivity index (χ1n) is 9.84. The Morgan fingerprint density at radius 3 is 1.58 bits per heavy atom. The minimum absolute atomic E-state index is 0.121. The fraction of sp³-hybridized carbons (Fsp3) is 0.0400. The van der Waals surface area contributed by atoms with Gasteiger partial charge in [0.2, 0.25) is 0 Å². The molecule has 5 rings (SSSR count). The van der Waals surface area contributed by atoms with E-state index >= 15 is 0 Å². The molecule has 3 aromatic rings. The molecule has 2 heterocycles. The van der Waals surface area contributed by atoms with Gasteiger partial charge in [0, 0.05) is 22.8 Å². The van der Waals surface area contributed by atoms with E-state index in [1.807, 2.05) is 18.5 Å². The van der Waals surface area contributed by atoms with Crippen molar-refractivity contribution in [2.24, 2.45) is 0 Å². The molecular weight excluding hydrogens is 408 g/mol. The highest BCUT2D eigenvalue weighted by molar-refractivity contribution is 7.85. The van der Waals surface area contributed by atoms with E-state index in [4.69, 9.17) is 0 Å². The number of nitrogens with one attached hydrogen (secondary N) is 2. The molecule has 0 saturated carbocycles. The van der Waals surface area contributed by atoms with Gasteiger partial charge in [-0.3, -0.25) is 4.55 Å². The summed E-state index contributed by atoms with van der Waals surface area (Å²) in [6.45, 7) is 2.08. The lowest BCUT2D eigenvalue weighted by molar-refractivity contribution is 0.483. The van der Waals surface area contributed by atoms with Gasteiger partial charge < -0.3 is 10.6 Å². The number of hydrogen-bond acceptors (Lipinski definition) is 4. The second-order valence-corrected chi connectivity index (χ2v) is 8.98. The predicted molar refractivity (Wildman–Crippen MR) is 124 cm³/mol. The highest BCUT2D eigenvalue weighted by atomic mass is 32.2. The Morgan fingerprint density at radius 1 is 0.677 bits per heavy atom. The molecule has 0 fully saturated rings. The summed E-state index contributed by atoms with van der Waals surface area (Å²) in [6.07, 6.45) is 7.86. The Morgan fingerprint density at radius 2 is 1.13 bits per heavy atom. The fourth-order valence-corrected chi connectivity index (χ4v) is 4.47. The third-order valence-corrected chi connectivity index (χ3v) is 6.43. The molecule has 0 aromatic heterocycles. The molecule has 0 unspecified atom stereocenters. The van der Waals surface area contributed by atoms with Gasteiger partial charge in [-0.25, -0.2) is 0 Å². The summed E-state index contributed by atoms with van der Waals surface area (Å²) < 4.78 is 31.9. The van der Waals surface area contributed by atoms with Crippen LogP contribution in [-0.4, -0.2) is 13.0 Å². The SMILES string of the molecule is Cc1ccc(C2=c3ccc4c(c3NC=C2)NC=CC=4c2ccc(S(=O)(=O)O)cc2)cc1. The number of aryl methyl sites for hydroxylation is 1. The quantitative estimate of drug-likeness (QED) is 0.557. The Labute approximate surface area is 180 Å². The van der Waals surface area contributed by atoms with Crippen LogP contribution in [0.1, 0.15) is 16.7 Å². The van der Waals surface area contributed by atoms with E-state index in [-0.39, 0.29) is 4.90 Å². The molecule has 6 heteroatoms. The van der Waals surface area contributed by atoms with E-state index < -0.39 is 10.1 Å². The van der Waals surface area contributed by atoms with Crippen LogP contribution < -0.4 is 21.1 Å². The lowest BCUT2D eigenvalue weighted by Gasteiger charge is -2.20. The van der Waals surface area contributed by atoms with Gasteiger partial charge in [0.05, 0.1) is 16.3 Å². The second kappa shape index (κ2) is 7.27. The number of allylic oxidation sites excluding steroid dienone is 2. The van der Waals surface area contributed by atoms with Crippen molar-refractivity contribution in [3.05, 3.63) is 112 Å². The lowest BCUT2D eigenvalue weighted by atomic mass is 9.95. The van der Waals surface area contributed by atoms with E-state index in [1.165, 1.54) is 17.7 Å². The maximum absolute atomic E-state index is 11.4. The number of hydrogen-bond donors (Lipinski definition) is 3. The Balaban J connectivity index is 1.71. The van der Waals surface area contributed by atoms with Gasteiger partial charge in [-0.2, -0.15) is 8.42 Å². The highest BCUT2D eigenvalue weighted by Gasteiger charge is 2.16. The lowest BCUT2D eigenvalue weighted by Crippen LogP contribution is -2.25. The molecule has 0 atom stereocenters. The van der Waals surface area contributed by atoms with Crippen LogP contribution in [0.2, 0.25) is 0 Å². The smallest absolute Gasteiger partial charge is 0.294 e. The molecule has 5 nitrogen and oxygen atoms in total. The van der Waals surface area contributed by atoms with Gasteiger partial charge in [0.25, 0.3) is 10.1 Å². The number of anilines is 2. The molecule has 0 amide bonds. The molecule has 0 spiro atoms.